The molecule has 1 rings (SSSR count). The van der Waals surface area contributed by atoms with Gasteiger partial charge in [-0.1, -0.05) is 31.2 Å². The van der Waals surface area contributed by atoms with Crippen LogP contribution >= 0.6 is 0 Å². The van der Waals surface area contributed by atoms with E-state index < -0.39 is 5.60 Å². The van der Waals surface area contributed by atoms with E-state index in [4.69, 9.17) is 0 Å². The lowest BCUT2D eigenvalue weighted by Gasteiger charge is -2.20. The van der Waals surface area contributed by atoms with Crippen molar-refractivity contribution in [1.29, 1.82) is 0 Å². The summed E-state index contributed by atoms with van der Waals surface area (Å²) in [5.74, 6) is -0.196. The molecule has 0 heterocycles. The molecule has 0 aliphatic carbocycles. The standard InChI is InChI=1S/C12H16O2/c1-4-12(3,14)11(13)10-8-6-5-7-9(10)2/h5-8,14H,4H2,1-3H3. The maximum atomic E-state index is 11.9. The van der Waals surface area contributed by atoms with Gasteiger partial charge in [-0.25, -0.2) is 0 Å². The summed E-state index contributed by atoms with van der Waals surface area (Å²) in [6.07, 6.45) is 0.431. The van der Waals surface area contributed by atoms with Crippen molar-refractivity contribution in [1.82, 2.24) is 0 Å². The number of aryl methyl sites for hydroxylation is 1. The Morgan fingerprint density at radius 2 is 2.00 bits per heavy atom. The summed E-state index contributed by atoms with van der Waals surface area (Å²) in [6, 6.07) is 7.32. The van der Waals surface area contributed by atoms with Gasteiger partial charge in [0.25, 0.3) is 0 Å². The molecule has 0 saturated carbocycles. The minimum Gasteiger partial charge on any atom is -0.382 e. The molecule has 1 aromatic rings. The molecular weight excluding hydrogens is 176 g/mol. The summed E-state index contributed by atoms with van der Waals surface area (Å²) >= 11 is 0. The Morgan fingerprint density at radius 1 is 1.43 bits per heavy atom. The van der Waals surface area contributed by atoms with Gasteiger partial charge in [0.1, 0.15) is 5.60 Å². The Hall–Kier alpha value is -1.15. The van der Waals surface area contributed by atoms with Crippen molar-refractivity contribution < 1.29 is 9.90 Å². The van der Waals surface area contributed by atoms with Crippen LogP contribution in [0.25, 0.3) is 0 Å². The van der Waals surface area contributed by atoms with Gasteiger partial charge in [-0.2, -0.15) is 0 Å². The zero-order valence-electron chi connectivity index (χ0n) is 8.87. The lowest BCUT2D eigenvalue weighted by molar-refractivity contribution is 0.0390. The van der Waals surface area contributed by atoms with Crippen LogP contribution in [0.2, 0.25) is 0 Å². The summed E-state index contributed by atoms with van der Waals surface area (Å²) in [6.45, 7) is 5.23. The van der Waals surface area contributed by atoms with E-state index in [1.54, 1.807) is 19.9 Å². The highest BCUT2D eigenvalue weighted by Crippen LogP contribution is 2.18. The van der Waals surface area contributed by atoms with Gasteiger partial charge in [-0.05, 0) is 25.8 Å². The minimum atomic E-state index is -1.24. The first-order valence-corrected chi connectivity index (χ1v) is 4.82. The van der Waals surface area contributed by atoms with E-state index in [9.17, 15) is 9.90 Å². The van der Waals surface area contributed by atoms with Crippen molar-refractivity contribution in [3.63, 3.8) is 0 Å². The van der Waals surface area contributed by atoms with E-state index in [-0.39, 0.29) is 5.78 Å². The number of rotatable bonds is 3. The molecule has 0 amide bonds. The molecule has 0 saturated heterocycles. The van der Waals surface area contributed by atoms with Gasteiger partial charge in [0.2, 0.25) is 0 Å². The number of aliphatic hydroxyl groups is 1. The second-order valence-corrected chi connectivity index (χ2v) is 3.77. The summed E-state index contributed by atoms with van der Waals surface area (Å²) in [5, 5.41) is 9.82. The molecule has 2 heteroatoms. The molecule has 1 atom stereocenters. The second-order valence-electron chi connectivity index (χ2n) is 3.77. The Bertz CT molecular complexity index is 340. The Morgan fingerprint density at radius 3 is 2.50 bits per heavy atom. The van der Waals surface area contributed by atoms with Crippen molar-refractivity contribution in [2.24, 2.45) is 0 Å². The van der Waals surface area contributed by atoms with Crippen molar-refractivity contribution in [3.8, 4) is 0 Å². The van der Waals surface area contributed by atoms with E-state index in [1.807, 2.05) is 25.1 Å². The average Bonchev–Trinajstić information content (AvgIpc) is 2.17. The summed E-state index contributed by atoms with van der Waals surface area (Å²) < 4.78 is 0. The normalized spacial score (nSPS) is 14.9. The fourth-order valence-corrected chi connectivity index (χ4v) is 1.28. The molecular formula is C12H16O2. The Balaban J connectivity index is 3.07. The average molecular weight is 192 g/mol. The van der Waals surface area contributed by atoms with Crippen LogP contribution in [0.4, 0.5) is 0 Å². The third-order valence-corrected chi connectivity index (χ3v) is 2.57. The van der Waals surface area contributed by atoms with Crippen LogP contribution in [0.5, 0.6) is 0 Å². The fourth-order valence-electron chi connectivity index (χ4n) is 1.28. The van der Waals surface area contributed by atoms with Gasteiger partial charge >= 0.3 is 0 Å². The molecule has 1 unspecified atom stereocenters. The van der Waals surface area contributed by atoms with Gasteiger partial charge in [0, 0.05) is 5.56 Å². The van der Waals surface area contributed by atoms with Gasteiger partial charge in [0.05, 0.1) is 0 Å². The van der Waals surface area contributed by atoms with E-state index in [0.29, 0.717) is 12.0 Å². The van der Waals surface area contributed by atoms with Crippen molar-refractivity contribution in [2.75, 3.05) is 0 Å². The molecule has 0 fully saturated rings. The molecule has 0 aliphatic heterocycles. The number of Topliss-reactive ketones (excluding diaryl/α,β-unsaturated/α-hetero) is 1. The Labute approximate surface area is 84.6 Å². The SMILES string of the molecule is CCC(C)(O)C(=O)c1ccccc1C. The van der Waals surface area contributed by atoms with Crippen LogP contribution in [-0.2, 0) is 0 Å². The van der Waals surface area contributed by atoms with E-state index in [2.05, 4.69) is 0 Å². The van der Waals surface area contributed by atoms with Crippen LogP contribution in [0.15, 0.2) is 24.3 Å². The molecule has 1 aromatic carbocycles. The molecule has 76 valence electrons. The lowest BCUT2D eigenvalue weighted by Crippen LogP contribution is -2.34. The molecule has 1 N–H and O–H groups in total. The topological polar surface area (TPSA) is 37.3 Å². The monoisotopic (exact) mass is 192 g/mol. The third kappa shape index (κ3) is 2.02. The largest absolute Gasteiger partial charge is 0.382 e. The van der Waals surface area contributed by atoms with E-state index >= 15 is 0 Å². The fraction of sp³-hybridized carbons (Fsp3) is 0.417. The first-order chi connectivity index (χ1) is 6.49. The maximum absolute atomic E-state index is 11.9. The zero-order chi connectivity index (χ0) is 10.8. The summed E-state index contributed by atoms with van der Waals surface area (Å²) in [5.41, 5.74) is 0.275. The first kappa shape index (κ1) is 10.9. The molecule has 0 bridgehead atoms. The number of benzene rings is 1. The van der Waals surface area contributed by atoms with Gasteiger partial charge in [-0.3, -0.25) is 4.79 Å². The molecule has 14 heavy (non-hydrogen) atoms. The van der Waals surface area contributed by atoms with E-state index in [1.165, 1.54) is 0 Å². The summed E-state index contributed by atoms with van der Waals surface area (Å²) in [4.78, 5) is 11.9. The lowest BCUT2D eigenvalue weighted by atomic mass is 9.90. The van der Waals surface area contributed by atoms with Crippen molar-refractivity contribution >= 4 is 5.78 Å². The third-order valence-electron chi connectivity index (χ3n) is 2.57. The molecule has 2 nitrogen and oxygen atoms in total. The van der Waals surface area contributed by atoms with Crippen LogP contribution in [0.1, 0.15) is 36.2 Å². The second kappa shape index (κ2) is 3.93. The van der Waals surface area contributed by atoms with Crippen LogP contribution < -0.4 is 0 Å². The van der Waals surface area contributed by atoms with Crippen LogP contribution in [-0.4, -0.2) is 16.5 Å². The minimum absolute atomic E-state index is 0.196. The number of hydrogen-bond acceptors (Lipinski definition) is 2. The molecule has 0 spiro atoms. The highest BCUT2D eigenvalue weighted by Gasteiger charge is 2.29. The number of carbonyl (C=O) groups is 1. The predicted molar refractivity (Wildman–Crippen MR) is 56.4 cm³/mol. The number of hydrogen-bond donors (Lipinski definition) is 1. The molecule has 0 aromatic heterocycles. The van der Waals surface area contributed by atoms with E-state index in [0.717, 1.165) is 5.56 Å². The maximum Gasteiger partial charge on any atom is 0.194 e. The van der Waals surface area contributed by atoms with Gasteiger partial charge in [0.15, 0.2) is 5.78 Å². The first-order valence-electron chi connectivity index (χ1n) is 4.82. The summed E-state index contributed by atoms with van der Waals surface area (Å²) in [7, 11) is 0. The highest BCUT2D eigenvalue weighted by molar-refractivity contribution is 6.03. The van der Waals surface area contributed by atoms with Gasteiger partial charge in [-0.15, -0.1) is 0 Å². The number of ketones is 1. The van der Waals surface area contributed by atoms with Crippen LogP contribution in [0.3, 0.4) is 0 Å². The van der Waals surface area contributed by atoms with Crippen LogP contribution in [0, 0.1) is 6.92 Å². The Kier molecular flexibility index (Phi) is 3.06. The van der Waals surface area contributed by atoms with Crippen molar-refractivity contribution in [3.05, 3.63) is 35.4 Å². The highest BCUT2D eigenvalue weighted by atomic mass is 16.3. The molecule has 0 aliphatic rings. The predicted octanol–water partition coefficient (Wildman–Crippen LogP) is 2.34. The number of carbonyl (C=O) groups excluding carboxylic acids is 1. The molecule has 0 radical (unpaired) electrons. The quantitative estimate of drug-likeness (QED) is 0.746. The zero-order valence-corrected chi connectivity index (χ0v) is 8.87. The van der Waals surface area contributed by atoms with Crippen molar-refractivity contribution in [2.45, 2.75) is 32.8 Å². The smallest absolute Gasteiger partial charge is 0.194 e. The van der Waals surface area contributed by atoms with Gasteiger partial charge < -0.3 is 5.11 Å².